The number of hydrogen-bond donors (Lipinski definition) is 2. The van der Waals surface area contributed by atoms with Gasteiger partial charge in [-0.2, -0.15) is 0 Å². The van der Waals surface area contributed by atoms with E-state index in [-0.39, 0.29) is 11.9 Å². The third-order valence-corrected chi connectivity index (χ3v) is 3.22. The van der Waals surface area contributed by atoms with Gasteiger partial charge in [0, 0.05) is 19.7 Å². The minimum Gasteiger partial charge on any atom is -0.497 e. The predicted octanol–water partition coefficient (Wildman–Crippen LogP) is 0.229. The number of carbonyl (C=O) groups is 1. The van der Waals surface area contributed by atoms with Gasteiger partial charge in [-0.05, 0) is 12.1 Å². The van der Waals surface area contributed by atoms with Gasteiger partial charge in [0.25, 0.3) is 0 Å². The van der Waals surface area contributed by atoms with Crippen LogP contribution in [0.2, 0.25) is 0 Å². The molecule has 0 spiro atoms. The van der Waals surface area contributed by atoms with Crippen molar-refractivity contribution in [3.63, 3.8) is 0 Å². The first kappa shape index (κ1) is 13.5. The van der Waals surface area contributed by atoms with E-state index in [4.69, 9.17) is 15.2 Å². The lowest BCUT2D eigenvalue weighted by Gasteiger charge is -2.36. The highest BCUT2D eigenvalue weighted by atomic mass is 16.5. The molecule has 0 bridgehead atoms. The maximum atomic E-state index is 11.9. The van der Waals surface area contributed by atoms with Crippen LogP contribution < -0.4 is 20.7 Å². The predicted molar refractivity (Wildman–Crippen MR) is 73.4 cm³/mol. The number of benzene rings is 1. The lowest BCUT2D eigenvalue weighted by atomic mass is 10.1. The van der Waals surface area contributed by atoms with Gasteiger partial charge in [-0.3, -0.25) is 4.79 Å². The van der Waals surface area contributed by atoms with Crippen LogP contribution >= 0.6 is 0 Å². The van der Waals surface area contributed by atoms with Gasteiger partial charge in [-0.15, -0.1) is 0 Å². The molecule has 6 nitrogen and oxygen atoms in total. The second-order valence-corrected chi connectivity index (χ2v) is 4.32. The van der Waals surface area contributed by atoms with Gasteiger partial charge in [0.2, 0.25) is 5.91 Å². The Bertz CT molecular complexity index is 464. The fraction of sp³-hybridized carbons (Fsp3) is 0.462. The summed E-state index contributed by atoms with van der Waals surface area (Å²) in [6, 6.07) is 5.11. The van der Waals surface area contributed by atoms with Crippen molar-refractivity contribution in [1.82, 2.24) is 5.32 Å². The molecule has 1 aliphatic heterocycles. The minimum absolute atomic E-state index is 0.0741. The van der Waals surface area contributed by atoms with Crippen LogP contribution in [0.5, 0.6) is 5.75 Å². The van der Waals surface area contributed by atoms with Crippen LogP contribution in [-0.4, -0.2) is 45.9 Å². The molecular formula is C13H19N3O3. The third-order valence-electron chi connectivity index (χ3n) is 3.22. The standard InChI is InChI=1S/C13H19N3O3/c1-15-13(17)12-8-19-6-5-16(12)11-4-3-9(18-2)7-10(11)14/h3-4,7,12H,5-6,8,14H2,1-2H3,(H,15,17). The zero-order valence-corrected chi connectivity index (χ0v) is 11.2. The highest BCUT2D eigenvalue weighted by molar-refractivity contribution is 5.87. The summed E-state index contributed by atoms with van der Waals surface area (Å²) in [6.45, 7) is 1.58. The molecule has 1 saturated heterocycles. The Balaban J connectivity index is 2.29. The monoisotopic (exact) mass is 265 g/mol. The van der Waals surface area contributed by atoms with Gasteiger partial charge in [0.1, 0.15) is 11.8 Å². The van der Waals surface area contributed by atoms with Crippen molar-refractivity contribution in [2.24, 2.45) is 0 Å². The molecular weight excluding hydrogens is 246 g/mol. The Labute approximate surface area is 112 Å². The van der Waals surface area contributed by atoms with Gasteiger partial charge in [0.15, 0.2) is 0 Å². The molecule has 1 fully saturated rings. The molecule has 104 valence electrons. The zero-order valence-electron chi connectivity index (χ0n) is 11.2. The number of methoxy groups -OCH3 is 1. The first-order valence-electron chi connectivity index (χ1n) is 6.17. The number of anilines is 2. The van der Waals surface area contributed by atoms with E-state index >= 15 is 0 Å². The summed E-state index contributed by atoms with van der Waals surface area (Å²) < 4.78 is 10.5. The Morgan fingerprint density at radius 3 is 3.00 bits per heavy atom. The van der Waals surface area contributed by atoms with E-state index < -0.39 is 0 Å². The molecule has 0 saturated carbocycles. The van der Waals surface area contributed by atoms with Crippen molar-refractivity contribution in [2.75, 3.05) is 44.5 Å². The smallest absolute Gasteiger partial charge is 0.244 e. The summed E-state index contributed by atoms with van der Waals surface area (Å²) >= 11 is 0. The van der Waals surface area contributed by atoms with Crippen molar-refractivity contribution >= 4 is 17.3 Å². The first-order chi connectivity index (χ1) is 9.17. The summed E-state index contributed by atoms with van der Waals surface area (Å²) in [6.07, 6.45) is 0. The summed E-state index contributed by atoms with van der Waals surface area (Å²) in [4.78, 5) is 13.9. The number of carbonyl (C=O) groups excluding carboxylic acids is 1. The van der Waals surface area contributed by atoms with E-state index in [9.17, 15) is 4.79 Å². The molecule has 1 amide bonds. The number of nitrogen functional groups attached to an aromatic ring is 1. The van der Waals surface area contributed by atoms with E-state index in [1.54, 1.807) is 20.2 Å². The van der Waals surface area contributed by atoms with Crippen molar-refractivity contribution in [1.29, 1.82) is 0 Å². The van der Waals surface area contributed by atoms with E-state index in [1.807, 2.05) is 17.0 Å². The molecule has 1 aliphatic rings. The third kappa shape index (κ3) is 2.73. The number of nitrogens with two attached hydrogens (primary N) is 1. The average molecular weight is 265 g/mol. The molecule has 1 unspecified atom stereocenters. The molecule has 1 aromatic carbocycles. The van der Waals surface area contributed by atoms with E-state index in [2.05, 4.69) is 5.32 Å². The number of ether oxygens (including phenoxy) is 2. The SMILES string of the molecule is CNC(=O)C1COCCN1c1ccc(OC)cc1N. The van der Waals surface area contributed by atoms with Crippen LogP contribution in [0.15, 0.2) is 18.2 Å². The molecule has 0 aromatic heterocycles. The Hall–Kier alpha value is -1.95. The van der Waals surface area contributed by atoms with Crippen LogP contribution in [0, 0.1) is 0 Å². The van der Waals surface area contributed by atoms with Crippen LogP contribution in [0.1, 0.15) is 0 Å². The minimum atomic E-state index is -0.352. The Morgan fingerprint density at radius 1 is 1.58 bits per heavy atom. The van der Waals surface area contributed by atoms with Crippen molar-refractivity contribution in [3.05, 3.63) is 18.2 Å². The fourth-order valence-electron chi connectivity index (χ4n) is 2.20. The second-order valence-electron chi connectivity index (χ2n) is 4.32. The number of hydrogen-bond acceptors (Lipinski definition) is 5. The number of morpholine rings is 1. The first-order valence-corrected chi connectivity index (χ1v) is 6.17. The quantitative estimate of drug-likeness (QED) is 0.765. The molecule has 1 heterocycles. The number of nitrogens with zero attached hydrogens (tertiary/aromatic N) is 1. The summed E-state index contributed by atoms with van der Waals surface area (Å²) in [5.74, 6) is 0.626. The zero-order chi connectivity index (χ0) is 13.8. The molecule has 0 radical (unpaired) electrons. The fourth-order valence-corrected chi connectivity index (χ4v) is 2.20. The molecule has 3 N–H and O–H groups in total. The lowest BCUT2D eigenvalue weighted by molar-refractivity contribution is -0.124. The van der Waals surface area contributed by atoms with Crippen LogP contribution in [-0.2, 0) is 9.53 Å². The Kier molecular flexibility index (Phi) is 4.11. The average Bonchev–Trinajstić information content (AvgIpc) is 2.46. The topological polar surface area (TPSA) is 76.8 Å². The van der Waals surface area contributed by atoms with E-state index in [0.717, 1.165) is 5.69 Å². The van der Waals surface area contributed by atoms with Crippen molar-refractivity contribution in [3.8, 4) is 5.75 Å². The largest absolute Gasteiger partial charge is 0.497 e. The van der Waals surface area contributed by atoms with Gasteiger partial charge in [0.05, 0.1) is 31.7 Å². The normalized spacial score (nSPS) is 19.1. The number of likely N-dealkylation sites (N-methyl/N-ethyl adjacent to an activating group) is 1. The van der Waals surface area contributed by atoms with Gasteiger partial charge >= 0.3 is 0 Å². The molecule has 1 aromatic rings. The molecule has 2 rings (SSSR count). The number of rotatable bonds is 3. The summed E-state index contributed by atoms with van der Waals surface area (Å²) in [5, 5.41) is 2.65. The molecule has 1 atom stereocenters. The second kappa shape index (κ2) is 5.79. The van der Waals surface area contributed by atoms with Crippen molar-refractivity contribution in [2.45, 2.75) is 6.04 Å². The van der Waals surface area contributed by atoms with Crippen LogP contribution in [0.25, 0.3) is 0 Å². The number of nitrogens with one attached hydrogen (secondary N) is 1. The van der Waals surface area contributed by atoms with E-state index in [1.165, 1.54) is 0 Å². The van der Waals surface area contributed by atoms with Gasteiger partial charge in [-0.1, -0.05) is 0 Å². The highest BCUT2D eigenvalue weighted by Crippen LogP contribution is 2.30. The summed E-state index contributed by atoms with van der Waals surface area (Å²) in [5.41, 5.74) is 7.46. The lowest BCUT2D eigenvalue weighted by Crippen LogP contribution is -2.53. The molecule has 6 heteroatoms. The molecule has 0 aliphatic carbocycles. The maximum absolute atomic E-state index is 11.9. The highest BCUT2D eigenvalue weighted by Gasteiger charge is 2.30. The van der Waals surface area contributed by atoms with Crippen molar-refractivity contribution < 1.29 is 14.3 Å². The van der Waals surface area contributed by atoms with Crippen LogP contribution in [0.4, 0.5) is 11.4 Å². The van der Waals surface area contributed by atoms with Crippen LogP contribution in [0.3, 0.4) is 0 Å². The van der Waals surface area contributed by atoms with Gasteiger partial charge in [-0.25, -0.2) is 0 Å². The Morgan fingerprint density at radius 2 is 2.37 bits per heavy atom. The van der Waals surface area contributed by atoms with Gasteiger partial charge < -0.3 is 25.4 Å². The van der Waals surface area contributed by atoms with E-state index in [0.29, 0.717) is 31.2 Å². The number of amides is 1. The summed E-state index contributed by atoms with van der Waals surface area (Å²) in [7, 11) is 3.21. The molecule has 19 heavy (non-hydrogen) atoms. The maximum Gasteiger partial charge on any atom is 0.244 e.